The van der Waals surface area contributed by atoms with Crippen molar-refractivity contribution in [3.05, 3.63) is 83.2 Å². The van der Waals surface area contributed by atoms with E-state index in [1.54, 1.807) is 0 Å². The van der Waals surface area contributed by atoms with Crippen LogP contribution in [-0.2, 0) is 0 Å². The second-order valence-corrected chi connectivity index (χ2v) is 5.97. The minimum Gasteiger partial charge on any atom is -0.494 e. The average Bonchev–Trinajstić information content (AvgIpc) is 2.70. The van der Waals surface area contributed by atoms with E-state index < -0.39 is 35.0 Å². The summed E-state index contributed by atoms with van der Waals surface area (Å²) in [6.45, 7) is 0. The van der Waals surface area contributed by atoms with E-state index >= 15 is 0 Å². The molecule has 0 saturated carbocycles. The van der Waals surface area contributed by atoms with Crippen LogP contribution in [0.25, 0.3) is 11.1 Å². The van der Waals surface area contributed by atoms with E-state index in [9.17, 15) is 22.8 Å². The molecule has 0 fully saturated rings. The highest BCUT2D eigenvalue weighted by Crippen LogP contribution is 2.31. The fourth-order valence-electron chi connectivity index (χ4n) is 2.75. The monoisotopic (exact) mass is 401 g/mol. The van der Waals surface area contributed by atoms with Crippen LogP contribution in [0.2, 0.25) is 0 Å². The Morgan fingerprint density at radius 1 is 0.862 bits per heavy atom. The Hall–Kier alpha value is -3.81. The standard InChI is InChI=1S/C21H14F3NO4/c1-29-18-10-11(6-7-15(18)22)12-8-16(23)19(17(24)9-12)25-20(26)13-4-2-3-5-14(13)21(27)28/h2-10H,1H3,(H,25,26)(H,27,28). The molecular formula is C21H14F3NO4. The van der Waals surface area contributed by atoms with Crippen LogP contribution in [0.1, 0.15) is 20.7 Å². The predicted octanol–water partition coefficient (Wildman–Crippen LogP) is 4.73. The summed E-state index contributed by atoms with van der Waals surface area (Å²) in [5.74, 6) is -5.20. The lowest BCUT2D eigenvalue weighted by Gasteiger charge is -2.12. The minimum atomic E-state index is -1.35. The van der Waals surface area contributed by atoms with Crippen LogP contribution < -0.4 is 10.1 Å². The first-order valence-corrected chi connectivity index (χ1v) is 8.28. The van der Waals surface area contributed by atoms with E-state index in [1.807, 2.05) is 0 Å². The Morgan fingerprint density at radius 3 is 2.07 bits per heavy atom. The maximum absolute atomic E-state index is 14.5. The number of carbonyl (C=O) groups is 2. The lowest BCUT2D eigenvalue weighted by Crippen LogP contribution is -2.18. The highest BCUT2D eigenvalue weighted by Gasteiger charge is 2.20. The molecule has 0 radical (unpaired) electrons. The second-order valence-electron chi connectivity index (χ2n) is 5.97. The maximum atomic E-state index is 14.5. The molecular weight excluding hydrogens is 387 g/mol. The number of hydrogen-bond donors (Lipinski definition) is 2. The molecule has 0 aliphatic carbocycles. The number of nitrogens with one attached hydrogen (secondary N) is 1. The maximum Gasteiger partial charge on any atom is 0.336 e. The van der Waals surface area contributed by atoms with Crippen LogP contribution in [-0.4, -0.2) is 24.1 Å². The van der Waals surface area contributed by atoms with Crippen LogP contribution in [0.15, 0.2) is 54.6 Å². The Morgan fingerprint density at radius 2 is 1.48 bits per heavy atom. The summed E-state index contributed by atoms with van der Waals surface area (Å²) in [6.07, 6.45) is 0. The Bertz CT molecular complexity index is 1090. The van der Waals surface area contributed by atoms with Gasteiger partial charge in [-0.1, -0.05) is 18.2 Å². The number of carbonyl (C=O) groups excluding carboxylic acids is 1. The van der Waals surface area contributed by atoms with Crippen molar-refractivity contribution in [2.45, 2.75) is 0 Å². The van der Waals surface area contributed by atoms with Gasteiger partial charge in [0.05, 0.1) is 18.2 Å². The van der Waals surface area contributed by atoms with E-state index in [0.29, 0.717) is 5.56 Å². The van der Waals surface area contributed by atoms with Gasteiger partial charge in [-0.25, -0.2) is 18.0 Å². The lowest BCUT2D eigenvalue weighted by atomic mass is 10.0. The van der Waals surface area contributed by atoms with Gasteiger partial charge in [-0.15, -0.1) is 0 Å². The van der Waals surface area contributed by atoms with Crippen molar-refractivity contribution in [3.8, 4) is 16.9 Å². The summed E-state index contributed by atoms with van der Waals surface area (Å²) in [5.41, 5.74) is -0.877. The first kappa shape index (κ1) is 19.9. The van der Waals surface area contributed by atoms with Gasteiger partial charge in [-0.3, -0.25) is 4.79 Å². The number of hydrogen-bond acceptors (Lipinski definition) is 3. The van der Waals surface area contributed by atoms with Gasteiger partial charge in [0.1, 0.15) is 17.3 Å². The molecule has 3 rings (SSSR count). The molecule has 3 aromatic rings. The summed E-state index contributed by atoms with van der Waals surface area (Å²) in [7, 11) is 1.26. The zero-order valence-corrected chi connectivity index (χ0v) is 15.0. The fraction of sp³-hybridized carbons (Fsp3) is 0.0476. The number of aromatic carboxylic acids is 1. The summed E-state index contributed by atoms with van der Waals surface area (Å²) in [5, 5.41) is 11.2. The third kappa shape index (κ3) is 4.06. The third-order valence-corrected chi connectivity index (χ3v) is 4.17. The van der Waals surface area contributed by atoms with Crippen molar-refractivity contribution >= 4 is 17.6 Å². The SMILES string of the molecule is COc1cc(-c2cc(F)c(NC(=O)c3ccccc3C(=O)O)c(F)c2)ccc1F. The molecule has 148 valence electrons. The van der Waals surface area contributed by atoms with E-state index in [4.69, 9.17) is 9.84 Å². The average molecular weight is 401 g/mol. The predicted molar refractivity (Wildman–Crippen MR) is 99.7 cm³/mol. The molecule has 0 bridgehead atoms. The van der Waals surface area contributed by atoms with Gasteiger partial charge >= 0.3 is 5.97 Å². The molecule has 29 heavy (non-hydrogen) atoms. The zero-order chi connectivity index (χ0) is 21.1. The molecule has 0 saturated heterocycles. The van der Waals surface area contributed by atoms with Crippen molar-refractivity contribution in [1.82, 2.24) is 0 Å². The van der Waals surface area contributed by atoms with Crippen LogP contribution in [0.4, 0.5) is 18.9 Å². The normalized spacial score (nSPS) is 10.5. The highest BCUT2D eigenvalue weighted by molar-refractivity contribution is 6.10. The van der Waals surface area contributed by atoms with Crippen LogP contribution in [0.3, 0.4) is 0 Å². The number of methoxy groups -OCH3 is 1. The largest absolute Gasteiger partial charge is 0.494 e. The zero-order valence-electron chi connectivity index (χ0n) is 15.0. The number of amides is 1. The van der Waals surface area contributed by atoms with Gasteiger partial charge in [0, 0.05) is 0 Å². The highest BCUT2D eigenvalue weighted by atomic mass is 19.1. The molecule has 0 aromatic heterocycles. The molecule has 5 nitrogen and oxygen atoms in total. The molecule has 0 unspecified atom stereocenters. The fourth-order valence-corrected chi connectivity index (χ4v) is 2.75. The number of anilines is 1. The van der Waals surface area contributed by atoms with Crippen LogP contribution in [0, 0.1) is 17.5 Å². The molecule has 3 aromatic carbocycles. The Kier molecular flexibility index (Phi) is 5.54. The molecule has 0 heterocycles. The van der Waals surface area contributed by atoms with Crippen LogP contribution in [0.5, 0.6) is 5.75 Å². The molecule has 2 N–H and O–H groups in total. The second kappa shape index (κ2) is 8.05. The topological polar surface area (TPSA) is 75.6 Å². The van der Waals surface area contributed by atoms with E-state index in [1.165, 1.54) is 43.5 Å². The van der Waals surface area contributed by atoms with E-state index in [-0.39, 0.29) is 22.4 Å². The molecule has 0 atom stereocenters. The van der Waals surface area contributed by atoms with Crippen LogP contribution >= 0.6 is 0 Å². The number of benzene rings is 3. The van der Waals surface area contributed by atoms with Crippen molar-refractivity contribution < 1.29 is 32.6 Å². The summed E-state index contributed by atoms with van der Waals surface area (Å²) in [6, 6.07) is 10.9. The van der Waals surface area contributed by atoms with Gasteiger partial charge in [-0.2, -0.15) is 0 Å². The molecule has 8 heteroatoms. The van der Waals surface area contributed by atoms with E-state index in [0.717, 1.165) is 18.2 Å². The lowest BCUT2D eigenvalue weighted by molar-refractivity contribution is 0.0692. The smallest absolute Gasteiger partial charge is 0.336 e. The molecule has 0 aliphatic heterocycles. The number of carboxylic acids is 1. The first-order chi connectivity index (χ1) is 13.8. The third-order valence-electron chi connectivity index (χ3n) is 4.17. The number of carboxylic acid groups (broad SMARTS) is 1. The first-order valence-electron chi connectivity index (χ1n) is 8.28. The van der Waals surface area contributed by atoms with Crippen molar-refractivity contribution in [1.29, 1.82) is 0 Å². The van der Waals surface area contributed by atoms with Crippen molar-refractivity contribution in [2.24, 2.45) is 0 Å². The summed E-state index contributed by atoms with van der Waals surface area (Å²) < 4.78 is 47.4. The summed E-state index contributed by atoms with van der Waals surface area (Å²) in [4.78, 5) is 23.6. The molecule has 0 spiro atoms. The molecule has 1 amide bonds. The summed E-state index contributed by atoms with van der Waals surface area (Å²) >= 11 is 0. The van der Waals surface area contributed by atoms with Gasteiger partial charge in [0.2, 0.25) is 0 Å². The van der Waals surface area contributed by atoms with Gasteiger partial charge in [0.15, 0.2) is 11.6 Å². The van der Waals surface area contributed by atoms with E-state index in [2.05, 4.69) is 5.32 Å². The van der Waals surface area contributed by atoms with Crippen molar-refractivity contribution in [3.63, 3.8) is 0 Å². The Balaban J connectivity index is 1.95. The van der Waals surface area contributed by atoms with Crippen molar-refractivity contribution in [2.75, 3.05) is 12.4 Å². The van der Waals surface area contributed by atoms with Gasteiger partial charge < -0.3 is 15.2 Å². The number of rotatable bonds is 5. The van der Waals surface area contributed by atoms with Gasteiger partial charge in [0.25, 0.3) is 5.91 Å². The minimum absolute atomic E-state index is 0.0917. The Labute approximate surface area is 163 Å². The quantitative estimate of drug-likeness (QED) is 0.648. The molecule has 0 aliphatic rings. The number of ether oxygens (including phenoxy) is 1. The number of halogens is 3. The van der Waals surface area contributed by atoms with Gasteiger partial charge in [-0.05, 0) is 47.5 Å².